The van der Waals surface area contributed by atoms with Gasteiger partial charge in [-0.1, -0.05) is 12.1 Å². The molecule has 1 aromatic carbocycles. The van der Waals surface area contributed by atoms with Crippen molar-refractivity contribution in [3.8, 4) is 11.3 Å². The zero-order chi connectivity index (χ0) is 12.3. The predicted molar refractivity (Wildman–Crippen MR) is 67.2 cm³/mol. The molecule has 0 atom stereocenters. The van der Waals surface area contributed by atoms with E-state index in [2.05, 4.69) is 0 Å². The Morgan fingerprint density at radius 1 is 1.18 bits per heavy atom. The van der Waals surface area contributed by atoms with Gasteiger partial charge in [0.2, 0.25) is 0 Å². The summed E-state index contributed by atoms with van der Waals surface area (Å²) in [6.07, 6.45) is 2.15. The van der Waals surface area contributed by atoms with Crippen molar-refractivity contribution in [1.29, 1.82) is 0 Å². The molecule has 4 nitrogen and oxygen atoms in total. The van der Waals surface area contributed by atoms with Crippen molar-refractivity contribution in [2.75, 3.05) is 12.3 Å². The van der Waals surface area contributed by atoms with Crippen molar-refractivity contribution in [1.82, 2.24) is 0 Å². The molecular weight excluding hydrogens is 216 g/mol. The zero-order valence-electron chi connectivity index (χ0n) is 9.52. The van der Waals surface area contributed by atoms with Gasteiger partial charge in [0.25, 0.3) is 0 Å². The molecular formula is C13H16N2O2. The molecule has 4 heteroatoms. The normalized spacial score (nSPS) is 10.7. The Kier molecular flexibility index (Phi) is 3.46. The molecule has 0 saturated carbocycles. The Hall–Kier alpha value is -1.78. The highest BCUT2D eigenvalue weighted by molar-refractivity contribution is 5.77. The zero-order valence-corrected chi connectivity index (χ0v) is 9.52. The molecule has 0 unspecified atom stereocenters. The Morgan fingerprint density at radius 2 is 2.00 bits per heavy atom. The molecule has 5 N–H and O–H groups in total. The maximum atomic E-state index is 8.97. The van der Waals surface area contributed by atoms with Crippen LogP contribution in [0.2, 0.25) is 0 Å². The van der Waals surface area contributed by atoms with Crippen LogP contribution in [-0.4, -0.2) is 11.7 Å². The van der Waals surface area contributed by atoms with Crippen LogP contribution in [0.25, 0.3) is 11.3 Å². The molecule has 2 aromatic rings. The molecule has 1 heterocycles. The quantitative estimate of drug-likeness (QED) is 0.698. The van der Waals surface area contributed by atoms with Gasteiger partial charge < -0.3 is 21.0 Å². The van der Waals surface area contributed by atoms with E-state index in [1.807, 2.05) is 24.3 Å². The molecule has 90 valence electrons. The predicted octanol–water partition coefficient (Wildman–Crippen LogP) is 1.52. The number of aliphatic hydroxyl groups is 1. The Balaban J connectivity index is 2.49. The van der Waals surface area contributed by atoms with Gasteiger partial charge in [0, 0.05) is 30.0 Å². The van der Waals surface area contributed by atoms with Crippen LogP contribution in [0.15, 0.2) is 34.9 Å². The second-order valence-electron chi connectivity index (χ2n) is 3.83. The van der Waals surface area contributed by atoms with Crippen molar-refractivity contribution in [2.45, 2.75) is 13.0 Å². The average molecular weight is 232 g/mol. The molecule has 0 amide bonds. The van der Waals surface area contributed by atoms with Crippen molar-refractivity contribution in [2.24, 2.45) is 5.73 Å². The summed E-state index contributed by atoms with van der Waals surface area (Å²) in [6.45, 7) is 0.491. The van der Waals surface area contributed by atoms with E-state index < -0.39 is 0 Å². The summed E-state index contributed by atoms with van der Waals surface area (Å²) < 4.78 is 5.43. The molecule has 0 fully saturated rings. The van der Waals surface area contributed by atoms with Gasteiger partial charge in [-0.25, -0.2) is 0 Å². The summed E-state index contributed by atoms with van der Waals surface area (Å²) in [5, 5.41) is 8.97. The standard InChI is InChI=1S/C13H16N2O2/c14-8-10-5-7-17-13(10)11-3-1-2-9(4-6-16)12(11)15/h1-3,5,7,16H,4,6,8,14-15H2. The van der Waals surface area contributed by atoms with E-state index in [-0.39, 0.29) is 6.61 Å². The number of nitrogens with two attached hydrogens (primary N) is 2. The van der Waals surface area contributed by atoms with Crippen LogP contribution in [0.5, 0.6) is 0 Å². The number of hydrogen-bond acceptors (Lipinski definition) is 4. The highest BCUT2D eigenvalue weighted by atomic mass is 16.3. The van der Waals surface area contributed by atoms with E-state index in [9.17, 15) is 0 Å². The highest BCUT2D eigenvalue weighted by Gasteiger charge is 2.12. The van der Waals surface area contributed by atoms with Crippen LogP contribution < -0.4 is 11.5 Å². The minimum absolute atomic E-state index is 0.0789. The summed E-state index contributed by atoms with van der Waals surface area (Å²) in [6, 6.07) is 7.54. The molecule has 17 heavy (non-hydrogen) atoms. The summed E-state index contributed by atoms with van der Waals surface area (Å²) in [7, 11) is 0. The fourth-order valence-electron chi connectivity index (χ4n) is 1.88. The molecule has 0 aliphatic heterocycles. The topological polar surface area (TPSA) is 85.4 Å². The van der Waals surface area contributed by atoms with Crippen molar-refractivity contribution in [3.63, 3.8) is 0 Å². The fourth-order valence-corrected chi connectivity index (χ4v) is 1.88. The van der Waals surface area contributed by atoms with Gasteiger partial charge in [0.15, 0.2) is 0 Å². The van der Waals surface area contributed by atoms with Gasteiger partial charge in [-0.2, -0.15) is 0 Å². The van der Waals surface area contributed by atoms with Gasteiger partial charge in [0.1, 0.15) is 5.76 Å². The van der Waals surface area contributed by atoms with Crippen molar-refractivity contribution < 1.29 is 9.52 Å². The van der Waals surface area contributed by atoms with Gasteiger partial charge in [-0.05, 0) is 24.1 Å². The lowest BCUT2D eigenvalue weighted by Crippen LogP contribution is -2.01. The number of nitrogen functional groups attached to an aromatic ring is 1. The van der Waals surface area contributed by atoms with Crippen LogP contribution in [0.3, 0.4) is 0 Å². The third-order valence-corrected chi connectivity index (χ3v) is 2.79. The van der Waals surface area contributed by atoms with E-state index in [0.717, 1.165) is 16.7 Å². The Morgan fingerprint density at radius 3 is 2.71 bits per heavy atom. The van der Waals surface area contributed by atoms with Crippen LogP contribution in [0, 0.1) is 0 Å². The molecule has 0 saturated heterocycles. The minimum Gasteiger partial charge on any atom is -0.464 e. The van der Waals surface area contributed by atoms with E-state index in [1.165, 1.54) is 0 Å². The Labute approximate surface area is 99.9 Å². The lowest BCUT2D eigenvalue weighted by Gasteiger charge is -2.09. The first-order valence-electron chi connectivity index (χ1n) is 5.53. The summed E-state index contributed by atoms with van der Waals surface area (Å²) in [5.74, 6) is 0.713. The van der Waals surface area contributed by atoms with E-state index in [1.54, 1.807) is 6.26 Å². The minimum atomic E-state index is 0.0789. The molecule has 0 spiro atoms. The molecule has 0 aliphatic carbocycles. The first-order chi connectivity index (χ1) is 8.27. The third-order valence-electron chi connectivity index (χ3n) is 2.79. The van der Waals surface area contributed by atoms with Crippen LogP contribution >= 0.6 is 0 Å². The van der Waals surface area contributed by atoms with Crippen LogP contribution in [0.1, 0.15) is 11.1 Å². The van der Waals surface area contributed by atoms with Crippen LogP contribution in [0.4, 0.5) is 5.69 Å². The van der Waals surface area contributed by atoms with Gasteiger partial charge in [0.05, 0.1) is 6.26 Å². The van der Waals surface area contributed by atoms with E-state index >= 15 is 0 Å². The lowest BCUT2D eigenvalue weighted by atomic mass is 10.0. The van der Waals surface area contributed by atoms with E-state index in [0.29, 0.717) is 24.4 Å². The molecule has 0 bridgehead atoms. The lowest BCUT2D eigenvalue weighted by molar-refractivity contribution is 0.300. The molecule has 0 radical (unpaired) electrons. The monoisotopic (exact) mass is 232 g/mol. The largest absolute Gasteiger partial charge is 0.464 e. The molecule has 2 rings (SSSR count). The number of rotatable bonds is 4. The number of benzene rings is 1. The number of anilines is 1. The first-order valence-corrected chi connectivity index (χ1v) is 5.53. The smallest absolute Gasteiger partial charge is 0.140 e. The van der Waals surface area contributed by atoms with Gasteiger partial charge >= 0.3 is 0 Å². The van der Waals surface area contributed by atoms with Crippen molar-refractivity contribution in [3.05, 3.63) is 41.7 Å². The summed E-state index contributed by atoms with van der Waals surface area (Å²) in [5.41, 5.74) is 15.0. The fraction of sp³-hybridized carbons (Fsp3) is 0.231. The molecule has 1 aromatic heterocycles. The van der Waals surface area contributed by atoms with Gasteiger partial charge in [-0.3, -0.25) is 0 Å². The first kappa shape index (κ1) is 11.7. The summed E-state index contributed by atoms with van der Waals surface area (Å²) in [4.78, 5) is 0. The second-order valence-corrected chi connectivity index (χ2v) is 3.83. The number of hydrogen-bond donors (Lipinski definition) is 3. The van der Waals surface area contributed by atoms with E-state index in [4.69, 9.17) is 21.0 Å². The average Bonchev–Trinajstić information content (AvgIpc) is 2.80. The number of para-hydroxylation sites is 1. The Bertz CT molecular complexity index is 506. The maximum absolute atomic E-state index is 8.97. The van der Waals surface area contributed by atoms with Crippen LogP contribution in [-0.2, 0) is 13.0 Å². The SMILES string of the molecule is NCc1ccoc1-c1cccc(CCO)c1N. The molecule has 0 aliphatic rings. The number of furan rings is 1. The van der Waals surface area contributed by atoms with Crippen molar-refractivity contribution >= 4 is 5.69 Å². The van der Waals surface area contributed by atoms with Gasteiger partial charge in [-0.15, -0.1) is 0 Å². The third kappa shape index (κ3) is 2.18. The second kappa shape index (κ2) is 5.03. The highest BCUT2D eigenvalue weighted by Crippen LogP contribution is 2.31. The summed E-state index contributed by atoms with van der Waals surface area (Å²) >= 11 is 0. The maximum Gasteiger partial charge on any atom is 0.140 e. The number of aliphatic hydroxyl groups excluding tert-OH is 1.